The molecule has 0 aliphatic carbocycles. The number of allylic oxidation sites excluding steroid dienone is 1. The molecule has 0 saturated heterocycles. The van der Waals surface area contributed by atoms with Gasteiger partial charge in [0.2, 0.25) is 5.95 Å². The Bertz CT molecular complexity index is 1250. The minimum Gasteiger partial charge on any atom is -0.497 e. The van der Waals surface area contributed by atoms with Crippen LogP contribution in [0.4, 0.5) is 5.95 Å². The van der Waals surface area contributed by atoms with Crippen LogP contribution in [-0.2, 0) is 9.53 Å². The van der Waals surface area contributed by atoms with Crippen LogP contribution in [0.15, 0.2) is 53.7 Å². The van der Waals surface area contributed by atoms with Crippen molar-refractivity contribution in [3.63, 3.8) is 0 Å². The van der Waals surface area contributed by atoms with E-state index in [1.165, 1.54) is 33.1 Å². The van der Waals surface area contributed by atoms with Crippen molar-refractivity contribution in [2.24, 2.45) is 0 Å². The van der Waals surface area contributed by atoms with Crippen molar-refractivity contribution in [3.8, 4) is 17.2 Å². The largest absolute Gasteiger partial charge is 0.497 e. The zero-order valence-electron chi connectivity index (χ0n) is 18.4. The molecule has 11 nitrogen and oxygen atoms in total. The SMILES string of the molecule is COC(=O)C1=C(C(=O)c2cccc(OC)c2)[C@H](c2ccc(OC)cc2OC)n2nnnc2N1. The summed E-state index contributed by atoms with van der Waals surface area (Å²) in [5.74, 6) is 0.452. The van der Waals surface area contributed by atoms with Crippen LogP contribution in [0, 0.1) is 0 Å². The second kappa shape index (κ2) is 8.99. The van der Waals surface area contributed by atoms with Gasteiger partial charge in [-0.25, -0.2) is 4.79 Å². The van der Waals surface area contributed by atoms with Gasteiger partial charge in [0.25, 0.3) is 0 Å². The van der Waals surface area contributed by atoms with Gasteiger partial charge in [0.05, 0.1) is 34.0 Å². The Kier molecular flexibility index (Phi) is 5.94. The lowest BCUT2D eigenvalue weighted by Gasteiger charge is -2.29. The number of nitrogens with zero attached hydrogens (tertiary/aromatic N) is 4. The minimum absolute atomic E-state index is 0.0736. The predicted octanol–water partition coefficient (Wildman–Crippen LogP) is 2.02. The molecule has 0 amide bonds. The summed E-state index contributed by atoms with van der Waals surface area (Å²) in [7, 11) is 5.76. The first-order valence-corrected chi connectivity index (χ1v) is 9.80. The van der Waals surface area contributed by atoms with Gasteiger partial charge in [0.15, 0.2) is 5.78 Å². The van der Waals surface area contributed by atoms with E-state index >= 15 is 0 Å². The first kappa shape index (κ1) is 21.8. The fourth-order valence-electron chi connectivity index (χ4n) is 3.64. The van der Waals surface area contributed by atoms with E-state index in [0.717, 1.165) is 0 Å². The fraction of sp³-hybridized carbons (Fsp3) is 0.227. The van der Waals surface area contributed by atoms with Gasteiger partial charge in [-0.05, 0) is 34.7 Å². The summed E-state index contributed by atoms with van der Waals surface area (Å²) in [6.45, 7) is 0. The zero-order chi connectivity index (χ0) is 23.5. The lowest BCUT2D eigenvalue weighted by atomic mass is 9.88. The van der Waals surface area contributed by atoms with Gasteiger partial charge in [-0.1, -0.05) is 17.2 Å². The topological polar surface area (TPSA) is 127 Å². The van der Waals surface area contributed by atoms with Crippen molar-refractivity contribution < 1.29 is 28.5 Å². The highest BCUT2D eigenvalue weighted by molar-refractivity contribution is 6.15. The highest BCUT2D eigenvalue weighted by Gasteiger charge is 2.40. The molecule has 0 bridgehead atoms. The molecule has 3 aromatic rings. The number of tetrazole rings is 1. The normalized spacial score (nSPS) is 14.7. The molecule has 1 atom stereocenters. The third kappa shape index (κ3) is 3.84. The third-order valence-corrected chi connectivity index (χ3v) is 5.22. The molecule has 1 aliphatic rings. The van der Waals surface area contributed by atoms with E-state index in [1.807, 2.05) is 0 Å². The second-order valence-corrected chi connectivity index (χ2v) is 6.92. The summed E-state index contributed by atoms with van der Waals surface area (Å²) in [5.41, 5.74) is 0.858. The quantitative estimate of drug-likeness (QED) is 0.421. The van der Waals surface area contributed by atoms with Gasteiger partial charge < -0.3 is 24.3 Å². The Morgan fingerprint density at radius 2 is 1.73 bits per heavy atom. The Hall–Kier alpha value is -4.41. The monoisotopic (exact) mass is 451 g/mol. The number of methoxy groups -OCH3 is 4. The number of Topliss-reactive ketones (excluding diaryl/α,β-unsaturated/α-hetero) is 1. The maximum absolute atomic E-state index is 13.8. The first-order chi connectivity index (χ1) is 16.0. The van der Waals surface area contributed by atoms with Crippen LogP contribution in [0.25, 0.3) is 0 Å². The molecule has 2 aromatic carbocycles. The number of ether oxygens (including phenoxy) is 4. The number of rotatable bonds is 7. The van der Waals surface area contributed by atoms with Crippen molar-refractivity contribution in [3.05, 3.63) is 64.9 Å². The summed E-state index contributed by atoms with van der Waals surface area (Å²) in [4.78, 5) is 26.6. The van der Waals surface area contributed by atoms with Gasteiger partial charge in [0.1, 0.15) is 29.0 Å². The van der Waals surface area contributed by atoms with E-state index in [4.69, 9.17) is 18.9 Å². The van der Waals surface area contributed by atoms with Gasteiger partial charge in [0, 0.05) is 17.2 Å². The van der Waals surface area contributed by atoms with E-state index < -0.39 is 17.8 Å². The van der Waals surface area contributed by atoms with Crippen LogP contribution in [0.5, 0.6) is 17.2 Å². The van der Waals surface area contributed by atoms with Crippen LogP contribution in [0.1, 0.15) is 22.0 Å². The molecule has 1 N–H and O–H groups in total. The molecule has 4 rings (SSSR count). The number of anilines is 1. The number of hydrogen-bond donors (Lipinski definition) is 1. The lowest BCUT2D eigenvalue weighted by molar-refractivity contribution is -0.136. The standard InChI is InChI=1S/C22H21N5O6/c1-30-13-7-5-6-12(10-13)20(28)17-18(21(29)33-4)23-22-24-25-26-27(22)19(17)15-9-8-14(31-2)11-16(15)32-3/h5-11,19H,1-4H3,(H,23,24,26)/t19-/m0/s1. The first-order valence-electron chi connectivity index (χ1n) is 9.80. The van der Waals surface area contributed by atoms with E-state index in [1.54, 1.807) is 42.5 Å². The average molecular weight is 451 g/mol. The lowest BCUT2D eigenvalue weighted by Crippen LogP contribution is -2.33. The van der Waals surface area contributed by atoms with Crippen LogP contribution in [0.3, 0.4) is 0 Å². The summed E-state index contributed by atoms with van der Waals surface area (Å²) >= 11 is 0. The molecule has 11 heteroatoms. The number of nitrogens with one attached hydrogen (secondary N) is 1. The van der Waals surface area contributed by atoms with Crippen LogP contribution >= 0.6 is 0 Å². The number of aromatic nitrogens is 4. The average Bonchev–Trinajstić information content (AvgIpc) is 3.34. The third-order valence-electron chi connectivity index (χ3n) is 5.22. The van der Waals surface area contributed by atoms with Crippen molar-refractivity contribution in [1.82, 2.24) is 20.2 Å². The maximum Gasteiger partial charge on any atom is 0.355 e. The predicted molar refractivity (Wildman–Crippen MR) is 115 cm³/mol. The van der Waals surface area contributed by atoms with Crippen molar-refractivity contribution >= 4 is 17.7 Å². The summed E-state index contributed by atoms with van der Waals surface area (Å²) in [6, 6.07) is 10.8. The van der Waals surface area contributed by atoms with Crippen molar-refractivity contribution in [2.45, 2.75) is 6.04 Å². The van der Waals surface area contributed by atoms with Gasteiger partial charge >= 0.3 is 5.97 Å². The Labute approximate surface area is 188 Å². The van der Waals surface area contributed by atoms with Gasteiger partial charge in [-0.2, -0.15) is 4.68 Å². The summed E-state index contributed by atoms with van der Waals surface area (Å²) in [6.07, 6.45) is 0. The van der Waals surface area contributed by atoms with E-state index in [-0.39, 0.29) is 17.2 Å². The highest BCUT2D eigenvalue weighted by atomic mass is 16.5. The Morgan fingerprint density at radius 3 is 2.42 bits per heavy atom. The van der Waals surface area contributed by atoms with E-state index in [0.29, 0.717) is 28.4 Å². The second-order valence-electron chi connectivity index (χ2n) is 6.92. The molecule has 0 unspecified atom stereocenters. The maximum atomic E-state index is 13.8. The van der Waals surface area contributed by atoms with Crippen LogP contribution < -0.4 is 19.5 Å². The number of carbonyl (C=O) groups excluding carboxylic acids is 2. The number of fused-ring (bicyclic) bond motifs is 1. The molecule has 33 heavy (non-hydrogen) atoms. The number of carbonyl (C=O) groups is 2. The molecule has 2 heterocycles. The smallest absolute Gasteiger partial charge is 0.355 e. The molecule has 0 radical (unpaired) electrons. The number of benzene rings is 2. The molecule has 0 fully saturated rings. The van der Waals surface area contributed by atoms with E-state index in [9.17, 15) is 9.59 Å². The molecular weight excluding hydrogens is 430 g/mol. The molecule has 0 saturated carbocycles. The fourth-order valence-corrected chi connectivity index (χ4v) is 3.64. The number of hydrogen-bond acceptors (Lipinski definition) is 10. The van der Waals surface area contributed by atoms with E-state index in [2.05, 4.69) is 20.8 Å². The Morgan fingerprint density at radius 1 is 0.970 bits per heavy atom. The van der Waals surface area contributed by atoms with Crippen molar-refractivity contribution in [1.29, 1.82) is 0 Å². The van der Waals surface area contributed by atoms with Crippen molar-refractivity contribution in [2.75, 3.05) is 33.8 Å². The Balaban J connectivity index is 1.98. The minimum atomic E-state index is -0.898. The van der Waals surface area contributed by atoms with Gasteiger partial charge in [-0.15, -0.1) is 0 Å². The zero-order valence-corrected chi connectivity index (χ0v) is 18.4. The molecule has 0 spiro atoms. The summed E-state index contributed by atoms with van der Waals surface area (Å²) < 4.78 is 22.5. The van der Waals surface area contributed by atoms with Gasteiger partial charge in [-0.3, -0.25) is 4.79 Å². The molecular formula is C22H21N5O6. The van der Waals surface area contributed by atoms with Crippen LogP contribution in [0.2, 0.25) is 0 Å². The molecule has 170 valence electrons. The van der Waals surface area contributed by atoms with Crippen LogP contribution in [-0.4, -0.2) is 60.4 Å². The molecule has 1 aromatic heterocycles. The number of esters is 1. The number of ketones is 1. The summed E-state index contributed by atoms with van der Waals surface area (Å²) in [5, 5.41) is 14.5. The highest BCUT2D eigenvalue weighted by Crippen LogP contribution is 2.41. The molecule has 1 aliphatic heterocycles.